The van der Waals surface area contributed by atoms with Gasteiger partial charge in [-0.2, -0.15) is 0 Å². The topological polar surface area (TPSA) is 34.2 Å². The van der Waals surface area contributed by atoms with E-state index in [4.69, 9.17) is 4.74 Å². The van der Waals surface area contributed by atoms with Crippen LogP contribution >= 0.6 is 0 Å². The molecule has 0 aliphatic heterocycles. The first-order chi connectivity index (χ1) is 8.68. The van der Waals surface area contributed by atoms with Crippen LogP contribution in [0.4, 0.5) is 0 Å². The highest BCUT2D eigenvalue weighted by Gasteiger charge is 2.36. The van der Waals surface area contributed by atoms with E-state index in [0.29, 0.717) is 12.6 Å². The maximum Gasteiger partial charge on any atom is 0.137 e. The van der Waals surface area contributed by atoms with Crippen LogP contribution in [0.2, 0.25) is 0 Å². The molecule has 1 saturated carbocycles. The fourth-order valence-electron chi connectivity index (χ4n) is 2.96. The molecular weight excluding hydrogens is 224 g/mol. The van der Waals surface area contributed by atoms with Gasteiger partial charge in [-0.25, -0.2) is 0 Å². The van der Waals surface area contributed by atoms with Crippen molar-refractivity contribution < 1.29 is 4.74 Å². The van der Waals surface area contributed by atoms with E-state index in [2.05, 4.69) is 30.2 Å². The molecule has 18 heavy (non-hydrogen) atoms. The predicted molar refractivity (Wildman–Crippen MR) is 74.1 cm³/mol. The third-order valence-electron chi connectivity index (χ3n) is 3.96. The SMILES string of the molecule is CCNC1CCC(C)(c2cncc(OCC)c2)C1. The van der Waals surface area contributed by atoms with E-state index >= 15 is 0 Å². The van der Waals surface area contributed by atoms with Crippen molar-refractivity contribution in [2.24, 2.45) is 0 Å². The van der Waals surface area contributed by atoms with Crippen LogP contribution in [0.5, 0.6) is 5.75 Å². The summed E-state index contributed by atoms with van der Waals surface area (Å²) >= 11 is 0. The summed E-state index contributed by atoms with van der Waals surface area (Å²) in [6.07, 6.45) is 7.47. The standard InChI is InChI=1S/C15H24N2O/c1-4-17-13-6-7-15(3,9-13)12-8-14(18-5-2)11-16-10-12/h8,10-11,13,17H,4-7,9H2,1-3H3. The first-order valence-corrected chi connectivity index (χ1v) is 6.99. The van der Waals surface area contributed by atoms with E-state index in [1.54, 1.807) is 6.20 Å². The highest BCUT2D eigenvalue weighted by atomic mass is 16.5. The van der Waals surface area contributed by atoms with Crippen molar-refractivity contribution in [1.82, 2.24) is 10.3 Å². The Morgan fingerprint density at radius 3 is 3.00 bits per heavy atom. The summed E-state index contributed by atoms with van der Waals surface area (Å²) in [7, 11) is 0. The first kappa shape index (κ1) is 13.3. The molecule has 0 spiro atoms. The summed E-state index contributed by atoms with van der Waals surface area (Å²) in [5.41, 5.74) is 1.56. The molecule has 3 heteroatoms. The van der Waals surface area contributed by atoms with Gasteiger partial charge in [0.2, 0.25) is 0 Å². The molecular formula is C15H24N2O. The van der Waals surface area contributed by atoms with Crippen LogP contribution in [0.15, 0.2) is 18.5 Å². The van der Waals surface area contributed by atoms with E-state index in [1.165, 1.54) is 24.8 Å². The number of nitrogens with one attached hydrogen (secondary N) is 1. The van der Waals surface area contributed by atoms with Crippen LogP contribution in [0.3, 0.4) is 0 Å². The third-order valence-corrected chi connectivity index (χ3v) is 3.96. The lowest BCUT2D eigenvalue weighted by Crippen LogP contribution is -2.28. The third kappa shape index (κ3) is 2.83. The first-order valence-electron chi connectivity index (χ1n) is 6.99. The Morgan fingerprint density at radius 1 is 1.44 bits per heavy atom. The van der Waals surface area contributed by atoms with Crippen LogP contribution in [0.25, 0.3) is 0 Å². The van der Waals surface area contributed by atoms with Gasteiger partial charge in [0.15, 0.2) is 0 Å². The average Bonchev–Trinajstić information content (AvgIpc) is 2.74. The van der Waals surface area contributed by atoms with Gasteiger partial charge >= 0.3 is 0 Å². The Bertz CT molecular complexity index is 394. The number of rotatable bonds is 5. The lowest BCUT2D eigenvalue weighted by Gasteiger charge is -2.25. The van der Waals surface area contributed by atoms with Gasteiger partial charge in [-0.15, -0.1) is 0 Å². The summed E-state index contributed by atoms with van der Waals surface area (Å²) in [5.74, 6) is 0.892. The highest BCUT2D eigenvalue weighted by molar-refractivity contribution is 5.31. The number of ether oxygens (including phenoxy) is 1. The molecule has 2 rings (SSSR count). The molecule has 0 bridgehead atoms. The Morgan fingerprint density at radius 2 is 2.28 bits per heavy atom. The molecule has 0 amide bonds. The van der Waals surface area contributed by atoms with Crippen LogP contribution in [-0.4, -0.2) is 24.2 Å². The van der Waals surface area contributed by atoms with Gasteiger partial charge in [0.05, 0.1) is 12.8 Å². The predicted octanol–water partition coefficient (Wildman–Crippen LogP) is 2.90. The normalized spacial score (nSPS) is 27.4. The van der Waals surface area contributed by atoms with Crippen LogP contribution < -0.4 is 10.1 Å². The molecule has 3 nitrogen and oxygen atoms in total. The van der Waals surface area contributed by atoms with E-state index in [0.717, 1.165) is 12.3 Å². The lowest BCUT2D eigenvalue weighted by molar-refractivity contribution is 0.336. The number of hydrogen-bond donors (Lipinski definition) is 1. The Hall–Kier alpha value is -1.09. The van der Waals surface area contributed by atoms with E-state index < -0.39 is 0 Å². The zero-order valence-corrected chi connectivity index (χ0v) is 11.7. The second kappa shape index (κ2) is 5.70. The largest absolute Gasteiger partial charge is 0.492 e. The molecule has 0 aromatic carbocycles. The Balaban J connectivity index is 2.13. The maximum absolute atomic E-state index is 5.55. The van der Waals surface area contributed by atoms with Gasteiger partial charge in [0.25, 0.3) is 0 Å². The Labute approximate surface area is 110 Å². The van der Waals surface area contributed by atoms with Crippen LogP contribution in [-0.2, 0) is 5.41 Å². The molecule has 1 aromatic heterocycles. The summed E-state index contributed by atoms with van der Waals surface area (Å²) in [4.78, 5) is 4.32. The minimum absolute atomic E-state index is 0.243. The summed E-state index contributed by atoms with van der Waals surface area (Å²) in [6, 6.07) is 2.81. The zero-order valence-electron chi connectivity index (χ0n) is 11.7. The van der Waals surface area contributed by atoms with Gasteiger partial charge in [-0.05, 0) is 49.8 Å². The van der Waals surface area contributed by atoms with Crippen molar-refractivity contribution in [3.05, 3.63) is 24.0 Å². The molecule has 2 atom stereocenters. The second-order valence-corrected chi connectivity index (χ2v) is 5.40. The molecule has 1 aliphatic rings. The minimum Gasteiger partial charge on any atom is -0.492 e. The highest BCUT2D eigenvalue weighted by Crippen LogP contribution is 2.41. The monoisotopic (exact) mass is 248 g/mol. The molecule has 0 radical (unpaired) electrons. The fourth-order valence-corrected chi connectivity index (χ4v) is 2.96. The fraction of sp³-hybridized carbons (Fsp3) is 0.667. The van der Waals surface area contributed by atoms with Gasteiger partial charge in [-0.3, -0.25) is 4.98 Å². The average molecular weight is 248 g/mol. The van der Waals surface area contributed by atoms with E-state index in [9.17, 15) is 0 Å². The number of pyridine rings is 1. The lowest BCUT2D eigenvalue weighted by atomic mass is 9.81. The van der Waals surface area contributed by atoms with Crippen LogP contribution in [0, 0.1) is 0 Å². The number of hydrogen-bond acceptors (Lipinski definition) is 3. The van der Waals surface area contributed by atoms with Crippen molar-refractivity contribution in [2.45, 2.75) is 51.5 Å². The zero-order chi connectivity index (χ0) is 13.0. The molecule has 1 aromatic rings. The molecule has 100 valence electrons. The smallest absolute Gasteiger partial charge is 0.137 e. The van der Waals surface area contributed by atoms with Crippen molar-refractivity contribution in [1.29, 1.82) is 0 Å². The number of nitrogens with zero attached hydrogens (tertiary/aromatic N) is 1. The second-order valence-electron chi connectivity index (χ2n) is 5.40. The van der Waals surface area contributed by atoms with Gasteiger partial charge in [-0.1, -0.05) is 13.8 Å². The van der Waals surface area contributed by atoms with Gasteiger partial charge in [0.1, 0.15) is 5.75 Å². The molecule has 1 N–H and O–H groups in total. The minimum atomic E-state index is 0.243. The van der Waals surface area contributed by atoms with Gasteiger partial charge < -0.3 is 10.1 Å². The van der Waals surface area contributed by atoms with Crippen LogP contribution in [0.1, 0.15) is 45.6 Å². The molecule has 0 saturated heterocycles. The summed E-state index contributed by atoms with van der Waals surface area (Å²) < 4.78 is 5.55. The van der Waals surface area contributed by atoms with Crippen molar-refractivity contribution in [2.75, 3.05) is 13.2 Å². The molecule has 1 aliphatic carbocycles. The summed E-state index contributed by atoms with van der Waals surface area (Å²) in [6.45, 7) is 8.27. The van der Waals surface area contributed by atoms with Gasteiger partial charge in [0, 0.05) is 12.2 Å². The maximum atomic E-state index is 5.55. The quantitative estimate of drug-likeness (QED) is 0.870. The summed E-state index contributed by atoms with van der Waals surface area (Å²) in [5, 5.41) is 3.56. The van der Waals surface area contributed by atoms with E-state index in [1.807, 2.05) is 13.1 Å². The molecule has 1 fully saturated rings. The molecule has 2 unspecified atom stereocenters. The van der Waals surface area contributed by atoms with E-state index in [-0.39, 0.29) is 5.41 Å². The van der Waals surface area contributed by atoms with Crippen molar-refractivity contribution >= 4 is 0 Å². The van der Waals surface area contributed by atoms with Crippen molar-refractivity contribution in [3.63, 3.8) is 0 Å². The van der Waals surface area contributed by atoms with Crippen molar-refractivity contribution in [3.8, 4) is 5.75 Å². The number of aromatic nitrogens is 1. The molecule has 1 heterocycles. The Kier molecular flexibility index (Phi) is 4.23.